The van der Waals surface area contributed by atoms with E-state index >= 15 is 0 Å². The molecular weight excluding hydrogens is 357 g/mol. The first kappa shape index (κ1) is 19.6. The molecule has 0 saturated carbocycles. The van der Waals surface area contributed by atoms with Crippen molar-refractivity contribution in [3.05, 3.63) is 64.2 Å². The van der Waals surface area contributed by atoms with Crippen molar-refractivity contribution in [2.24, 2.45) is 0 Å². The highest BCUT2D eigenvalue weighted by atomic mass is 19.1. The largest absolute Gasteiger partial charge is 0.272 e. The van der Waals surface area contributed by atoms with Crippen molar-refractivity contribution >= 4 is 11.8 Å². The van der Waals surface area contributed by atoms with E-state index in [4.69, 9.17) is 0 Å². The van der Waals surface area contributed by atoms with Gasteiger partial charge in [-0.25, -0.2) is 9.40 Å². The molecular formula is C22H22FN3O2. The smallest absolute Gasteiger partial charge is 0.258 e. The zero-order chi connectivity index (χ0) is 20.4. The Morgan fingerprint density at radius 2 is 1.96 bits per heavy atom. The summed E-state index contributed by atoms with van der Waals surface area (Å²) < 4.78 is 13.1. The third-order valence-electron chi connectivity index (χ3n) is 4.94. The maximum absolute atomic E-state index is 13.2. The number of carbonyl (C=O) groups is 2. The fraction of sp³-hybridized carbons (Fsp3) is 0.318. The molecule has 5 nitrogen and oxygen atoms in total. The first-order valence-corrected chi connectivity index (χ1v) is 9.12. The Labute approximate surface area is 164 Å². The SMILES string of the molecule is CC#Cc1cc(C)c(C2C(=O)N(C)N(Cc3ccc(F)cn3)C2=O)c(CC)c1. The molecule has 1 saturated heterocycles. The standard InChI is InChI=1S/C22H22FN3O2/c1-5-7-15-10-14(3)19(16(6-2)11-15)20-21(27)25(4)26(22(20)28)13-18-9-8-17(23)12-24-18/h8-12,20H,6,13H2,1-4H3. The minimum atomic E-state index is -0.885. The summed E-state index contributed by atoms with van der Waals surface area (Å²) in [5.41, 5.74) is 3.95. The van der Waals surface area contributed by atoms with E-state index < -0.39 is 11.7 Å². The van der Waals surface area contributed by atoms with E-state index in [1.807, 2.05) is 26.0 Å². The van der Waals surface area contributed by atoms with Crippen LogP contribution in [0.2, 0.25) is 0 Å². The summed E-state index contributed by atoms with van der Waals surface area (Å²) in [5, 5.41) is 2.70. The summed E-state index contributed by atoms with van der Waals surface area (Å²) in [6.07, 6.45) is 1.79. The van der Waals surface area contributed by atoms with Gasteiger partial charge in [0, 0.05) is 12.6 Å². The number of hydrogen-bond acceptors (Lipinski definition) is 3. The Kier molecular flexibility index (Phi) is 5.46. The van der Waals surface area contributed by atoms with Crippen LogP contribution in [0.4, 0.5) is 4.39 Å². The lowest BCUT2D eigenvalue weighted by Gasteiger charge is -2.23. The highest BCUT2D eigenvalue weighted by Gasteiger charge is 2.46. The van der Waals surface area contributed by atoms with Crippen LogP contribution in [-0.2, 0) is 22.6 Å². The maximum Gasteiger partial charge on any atom is 0.258 e. The molecule has 0 N–H and O–H groups in total. The van der Waals surface area contributed by atoms with Gasteiger partial charge in [-0.3, -0.25) is 19.6 Å². The molecule has 0 radical (unpaired) electrons. The number of carbonyl (C=O) groups excluding carboxylic acids is 2. The number of likely N-dealkylation sites (N-methyl/N-ethyl adjacent to an activating group) is 1. The summed E-state index contributed by atoms with van der Waals surface area (Å²) in [5.74, 6) is 4.01. The van der Waals surface area contributed by atoms with Crippen LogP contribution in [0.1, 0.15) is 47.7 Å². The third-order valence-corrected chi connectivity index (χ3v) is 4.94. The monoisotopic (exact) mass is 379 g/mol. The number of rotatable bonds is 4. The van der Waals surface area contributed by atoms with E-state index in [1.165, 1.54) is 22.2 Å². The summed E-state index contributed by atoms with van der Waals surface area (Å²) in [4.78, 5) is 30.1. The molecule has 0 spiro atoms. The normalized spacial score (nSPS) is 16.4. The number of pyridine rings is 1. The van der Waals surface area contributed by atoms with Gasteiger partial charge in [0.25, 0.3) is 11.8 Å². The number of hydrazine groups is 1. The number of amides is 2. The molecule has 2 heterocycles. The third kappa shape index (κ3) is 3.48. The first-order valence-electron chi connectivity index (χ1n) is 9.12. The summed E-state index contributed by atoms with van der Waals surface area (Å²) in [7, 11) is 1.57. The molecule has 28 heavy (non-hydrogen) atoms. The first-order chi connectivity index (χ1) is 13.4. The van der Waals surface area contributed by atoms with Crippen LogP contribution in [-0.4, -0.2) is 33.9 Å². The number of aromatic nitrogens is 1. The highest BCUT2D eigenvalue weighted by Crippen LogP contribution is 2.34. The van der Waals surface area contributed by atoms with Crippen LogP contribution in [0.5, 0.6) is 0 Å². The van der Waals surface area contributed by atoms with Crippen molar-refractivity contribution in [1.29, 1.82) is 0 Å². The van der Waals surface area contributed by atoms with Gasteiger partial charge in [-0.1, -0.05) is 12.8 Å². The van der Waals surface area contributed by atoms with Gasteiger partial charge >= 0.3 is 0 Å². The van der Waals surface area contributed by atoms with Gasteiger partial charge in [0.15, 0.2) is 0 Å². The van der Waals surface area contributed by atoms with Crippen LogP contribution < -0.4 is 0 Å². The van der Waals surface area contributed by atoms with E-state index in [2.05, 4.69) is 16.8 Å². The lowest BCUT2D eigenvalue weighted by Crippen LogP contribution is -2.37. The molecule has 1 unspecified atom stereocenters. The van der Waals surface area contributed by atoms with Crippen molar-refractivity contribution in [3.63, 3.8) is 0 Å². The topological polar surface area (TPSA) is 53.5 Å². The van der Waals surface area contributed by atoms with Crippen LogP contribution >= 0.6 is 0 Å². The summed E-state index contributed by atoms with van der Waals surface area (Å²) in [6, 6.07) is 6.66. The van der Waals surface area contributed by atoms with E-state index in [0.717, 1.165) is 28.5 Å². The predicted molar refractivity (Wildman–Crippen MR) is 103 cm³/mol. The average molecular weight is 379 g/mol. The second kappa shape index (κ2) is 7.81. The van der Waals surface area contributed by atoms with E-state index in [0.29, 0.717) is 12.1 Å². The Balaban J connectivity index is 1.98. The van der Waals surface area contributed by atoms with Crippen LogP contribution in [0.15, 0.2) is 30.5 Å². The molecule has 2 aromatic rings. The molecule has 1 aliphatic heterocycles. The number of aryl methyl sites for hydroxylation is 2. The molecule has 144 valence electrons. The second-order valence-corrected chi connectivity index (χ2v) is 6.75. The fourth-order valence-corrected chi connectivity index (χ4v) is 3.59. The maximum atomic E-state index is 13.2. The number of halogens is 1. The molecule has 6 heteroatoms. The average Bonchev–Trinajstić information content (AvgIpc) is 2.87. The Morgan fingerprint density at radius 1 is 1.21 bits per heavy atom. The molecule has 1 aromatic carbocycles. The zero-order valence-electron chi connectivity index (χ0n) is 16.4. The zero-order valence-corrected chi connectivity index (χ0v) is 16.4. The van der Waals surface area contributed by atoms with Crippen molar-refractivity contribution in [1.82, 2.24) is 15.0 Å². The summed E-state index contributed by atoms with van der Waals surface area (Å²) >= 11 is 0. The van der Waals surface area contributed by atoms with Crippen LogP contribution in [0.3, 0.4) is 0 Å². The van der Waals surface area contributed by atoms with Gasteiger partial charge < -0.3 is 0 Å². The molecule has 3 rings (SSSR count). The van der Waals surface area contributed by atoms with Crippen molar-refractivity contribution in [2.45, 2.75) is 39.7 Å². The highest BCUT2D eigenvalue weighted by molar-refractivity contribution is 6.10. The quantitative estimate of drug-likeness (QED) is 0.606. The molecule has 1 aromatic heterocycles. The lowest BCUT2D eigenvalue weighted by molar-refractivity contribution is -0.145. The Morgan fingerprint density at radius 3 is 2.57 bits per heavy atom. The number of nitrogens with zero attached hydrogens (tertiary/aromatic N) is 3. The second-order valence-electron chi connectivity index (χ2n) is 6.75. The Hall–Kier alpha value is -3.20. The lowest BCUT2D eigenvalue weighted by atomic mass is 9.87. The van der Waals surface area contributed by atoms with Gasteiger partial charge in [-0.15, -0.1) is 5.92 Å². The van der Waals surface area contributed by atoms with Gasteiger partial charge in [0.2, 0.25) is 0 Å². The molecule has 0 bridgehead atoms. The molecule has 1 fully saturated rings. The van der Waals surface area contributed by atoms with Gasteiger partial charge in [-0.2, -0.15) is 0 Å². The summed E-state index contributed by atoms with van der Waals surface area (Å²) in [6.45, 7) is 5.78. The van der Waals surface area contributed by atoms with Gasteiger partial charge in [0.05, 0.1) is 18.4 Å². The number of hydrogen-bond donors (Lipinski definition) is 0. The van der Waals surface area contributed by atoms with Crippen molar-refractivity contribution < 1.29 is 14.0 Å². The number of benzene rings is 1. The van der Waals surface area contributed by atoms with Gasteiger partial charge in [0.1, 0.15) is 11.7 Å². The van der Waals surface area contributed by atoms with Gasteiger partial charge in [-0.05, 0) is 61.2 Å². The molecule has 1 aliphatic rings. The Bertz CT molecular complexity index is 989. The van der Waals surface area contributed by atoms with E-state index in [1.54, 1.807) is 14.0 Å². The molecule has 0 aliphatic carbocycles. The molecule has 1 atom stereocenters. The van der Waals surface area contributed by atoms with Crippen molar-refractivity contribution in [2.75, 3.05) is 7.05 Å². The molecule has 2 amide bonds. The predicted octanol–water partition coefficient (Wildman–Crippen LogP) is 2.96. The minimum Gasteiger partial charge on any atom is -0.272 e. The van der Waals surface area contributed by atoms with Crippen LogP contribution in [0.25, 0.3) is 0 Å². The fourth-order valence-electron chi connectivity index (χ4n) is 3.59. The van der Waals surface area contributed by atoms with E-state index in [9.17, 15) is 14.0 Å². The van der Waals surface area contributed by atoms with Crippen LogP contribution in [0, 0.1) is 24.6 Å². The van der Waals surface area contributed by atoms with E-state index in [-0.39, 0.29) is 18.4 Å². The minimum absolute atomic E-state index is 0.109. The van der Waals surface area contributed by atoms with Crippen molar-refractivity contribution in [3.8, 4) is 11.8 Å².